The van der Waals surface area contributed by atoms with Gasteiger partial charge in [-0.25, -0.2) is 0 Å². The molecular weight excluding hydrogens is 312 g/mol. The second-order valence-electron chi connectivity index (χ2n) is 5.25. The van der Waals surface area contributed by atoms with E-state index in [2.05, 4.69) is 5.32 Å². The van der Waals surface area contributed by atoms with E-state index in [1.807, 2.05) is 39.0 Å². The molecular formula is C17H18N2O3S. The average Bonchev–Trinajstić information content (AvgIpc) is 2.52. The van der Waals surface area contributed by atoms with Crippen LogP contribution >= 0.6 is 11.8 Å². The molecule has 120 valence electrons. The molecule has 6 heteroatoms. The summed E-state index contributed by atoms with van der Waals surface area (Å²) in [4.78, 5) is 23.3. The molecule has 0 aliphatic rings. The molecule has 2 aromatic rings. The van der Waals surface area contributed by atoms with Gasteiger partial charge in [0.15, 0.2) is 0 Å². The number of nitrogens with one attached hydrogen (secondary N) is 1. The molecule has 5 nitrogen and oxygen atoms in total. The van der Waals surface area contributed by atoms with E-state index in [0.29, 0.717) is 0 Å². The number of carbonyl (C=O) groups is 1. The molecule has 0 saturated heterocycles. The molecule has 1 atom stereocenters. The number of carbonyl (C=O) groups excluding carboxylic acids is 1. The van der Waals surface area contributed by atoms with E-state index < -0.39 is 4.92 Å². The van der Waals surface area contributed by atoms with E-state index in [0.717, 1.165) is 21.7 Å². The Bertz CT molecular complexity index is 729. The smallest absolute Gasteiger partial charge is 0.269 e. The number of amides is 1. The van der Waals surface area contributed by atoms with Gasteiger partial charge in [-0.1, -0.05) is 12.1 Å². The Morgan fingerprint density at radius 2 is 1.83 bits per heavy atom. The summed E-state index contributed by atoms with van der Waals surface area (Å²) in [6.07, 6.45) is 0. The standard InChI is InChI=1S/C17H18N2O3S/c1-11-5-4-6-16(12(11)2)18-17(20)13(3)23-15-9-7-14(8-10-15)19(21)22/h4-10,13H,1-3H3,(H,18,20). The summed E-state index contributed by atoms with van der Waals surface area (Å²) in [5, 5.41) is 13.3. The number of nitro groups is 1. The molecule has 0 saturated carbocycles. The van der Waals surface area contributed by atoms with Crippen LogP contribution in [0.2, 0.25) is 0 Å². The van der Waals surface area contributed by atoms with Gasteiger partial charge in [0.25, 0.3) is 5.69 Å². The second kappa shape index (κ2) is 7.28. The van der Waals surface area contributed by atoms with Gasteiger partial charge in [-0.2, -0.15) is 0 Å². The molecule has 0 bridgehead atoms. The van der Waals surface area contributed by atoms with E-state index in [-0.39, 0.29) is 16.8 Å². The van der Waals surface area contributed by atoms with Crippen molar-refractivity contribution in [2.24, 2.45) is 0 Å². The maximum absolute atomic E-state index is 12.3. The first-order valence-electron chi connectivity index (χ1n) is 7.16. The van der Waals surface area contributed by atoms with Gasteiger partial charge in [-0.15, -0.1) is 11.8 Å². The van der Waals surface area contributed by atoms with E-state index in [4.69, 9.17) is 0 Å². The predicted molar refractivity (Wildman–Crippen MR) is 93.0 cm³/mol. The fourth-order valence-corrected chi connectivity index (χ4v) is 2.89. The van der Waals surface area contributed by atoms with Gasteiger partial charge in [-0.3, -0.25) is 14.9 Å². The topological polar surface area (TPSA) is 72.2 Å². The van der Waals surface area contributed by atoms with Gasteiger partial charge in [0.1, 0.15) is 0 Å². The van der Waals surface area contributed by atoms with Crippen LogP contribution in [0.25, 0.3) is 0 Å². The SMILES string of the molecule is Cc1cccc(NC(=O)C(C)Sc2ccc([N+](=O)[O-])cc2)c1C. The number of thioether (sulfide) groups is 1. The molecule has 1 amide bonds. The lowest BCUT2D eigenvalue weighted by Crippen LogP contribution is -2.22. The van der Waals surface area contributed by atoms with E-state index in [1.165, 1.54) is 23.9 Å². The summed E-state index contributed by atoms with van der Waals surface area (Å²) in [7, 11) is 0. The number of nitrogens with zero attached hydrogens (tertiary/aromatic N) is 1. The number of benzene rings is 2. The maximum Gasteiger partial charge on any atom is 0.269 e. The molecule has 2 rings (SSSR count). The van der Waals surface area contributed by atoms with Crippen molar-refractivity contribution in [1.82, 2.24) is 0 Å². The van der Waals surface area contributed by atoms with Gasteiger partial charge in [0, 0.05) is 22.7 Å². The average molecular weight is 330 g/mol. The van der Waals surface area contributed by atoms with E-state index in [9.17, 15) is 14.9 Å². The van der Waals surface area contributed by atoms with Crippen molar-refractivity contribution in [1.29, 1.82) is 0 Å². The minimum absolute atomic E-state index is 0.0434. The molecule has 0 aliphatic carbocycles. The minimum atomic E-state index is -0.439. The zero-order valence-corrected chi connectivity index (χ0v) is 14.0. The highest BCUT2D eigenvalue weighted by molar-refractivity contribution is 8.00. The Kier molecular flexibility index (Phi) is 5.39. The zero-order chi connectivity index (χ0) is 17.0. The van der Waals surface area contributed by atoms with Crippen molar-refractivity contribution >= 4 is 29.0 Å². The van der Waals surface area contributed by atoms with Crippen LogP contribution in [-0.2, 0) is 4.79 Å². The first-order chi connectivity index (χ1) is 10.9. The third-order valence-electron chi connectivity index (χ3n) is 3.59. The molecule has 23 heavy (non-hydrogen) atoms. The Morgan fingerprint density at radius 1 is 1.17 bits per heavy atom. The monoisotopic (exact) mass is 330 g/mol. The fraction of sp³-hybridized carbons (Fsp3) is 0.235. The van der Waals surface area contributed by atoms with Crippen LogP contribution < -0.4 is 5.32 Å². The van der Waals surface area contributed by atoms with Crippen LogP contribution in [0.5, 0.6) is 0 Å². The number of nitro benzene ring substituents is 1. The van der Waals surface area contributed by atoms with Crippen molar-refractivity contribution < 1.29 is 9.72 Å². The largest absolute Gasteiger partial charge is 0.325 e. The molecule has 0 fully saturated rings. The Labute approximate surface area is 139 Å². The van der Waals surface area contributed by atoms with Crippen molar-refractivity contribution in [2.75, 3.05) is 5.32 Å². The highest BCUT2D eigenvalue weighted by Crippen LogP contribution is 2.27. The van der Waals surface area contributed by atoms with E-state index >= 15 is 0 Å². The number of hydrogen-bond acceptors (Lipinski definition) is 4. The normalized spacial score (nSPS) is 11.8. The van der Waals surface area contributed by atoms with Crippen molar-refractivity contribution in [3.05, 3.63) is 63.7 Å². The van der Waals surface area contributed by atoms with Crippen LogP contribution in [0.1, 0.15) is 18.1 Å². The summed E-state index contributed by atoms with van der Waals surface area (Å²) < 4.78 is 0. The fourth-order valence-electron chi connectivity index (χ4n) is 2.02. The van der Waals surface area contributed by atoms with Gasteiger partial charge >= 0.3 is 0 Å². The van der Waals surface area contributed by atoms with E-state index in [1.54, 1.807) is 12.1 Å². The third kappa shape index (κ3) is 4.32. The number of hydrogen-bond donors (Lipinski definition) is 1. The van der Waals surface area contributed by atoms with Crippen LogP contribution in [0, 0.1) is 24.0 Å². The molecule has 0 aliphatic heterocycles. The molecule has 0 aromatic heterocycles. The summed E-state index contributed by atoms with van der Waals surface area (Å²) in [6.45, 7) is 5.78. The lowest BCUT2D eigenvalue weighted by molar-refractivity contribution is -0.384. The molecule has 1 unspecified atom stereocenters. The Balaban J connectivity index is 2.02. The first kappa shape index (κ1) is 17.0. The second-order valence-corrected chi connectivity index (χ2v) is 6.66. The van der Waals surface area contributed by atoms with Gasteiger partial charge in [0.05, 0.1) is 10.2 Å². The minimum Gasteiger partial charge on any atom is -0.325 e. The summed E-state index contributed by atoms with van der Waals surface area (Å²) in [5.74, 6) is -0.0953. The Morgan fingerprint density at radius 3 is 2.43 bits per heavy atom. The van der Waals surface area contributed by atoms with Crippen molar-refractivity contribution in [3.63, 3.8) is 0 Å². The number of anilines is 1. The van der Waals surface area contributed by atoms with Crippen molar-refractivity contribution in [2.45, 2.75) is 30.9 Å². The number of aryl methyl sites for hydroxylation is 1. The van der Waals surface area contributed by atoms with Crippen LogP contribution in [0.15, 0.2) is 47.4 Å². The van der Waals surface area contributed by atoms with Crippen LogP contribution in [0.3, 0.4) is 0 Å². The number of non-ortho nitro benzene ring substituents is 1. The molecule has 0 radical (unpaired) electrons. The summed E-state index contributed by atoms with van der Waals surface area (Å²) in [6, 6.07) is 12.0. The molecule has 1 N–H and O–H groups in total. The quantitative estimate of drug-likeness (QED) is 0.503. The Hall–Kier alpha value is -2.34. The zero-order valence-electron chi connectivity index (χ0n) is 13.2. The van der Waals surface area contributed by atoms with Gasteiger partial charge in [0.2, 0.25) is 5.91 Å². The highest BCUT2D eigenvalue weighted by Gasteiger charge is 2.16. The summed E-state index contributed by atoms with van der Waals surface area (Å²) in [5.41, 5.74) is 3.03. The third-order valence-corrected chi connectivity index (χ3v) is 4.70. The lowest BCUT2D eigenvalue weighted by Gasteiger charge is -2.14. The first-order valence-corrected chi connectivity index (χ1v) is 8.04. The molecule has 0 spiro atoms. The van der Waals surface area contributed by atoms with Gasteiger partial charge in [-0.05, 0) is 50.1 Å². The lowest BCUT2D eigenvalue weighted by atomic mass is 10.1. The van der Waals surface area contributed by atoms with Crippen molar-refractivity contribution in [3.8, 4) is 0 Å². The molecule has 2 aromatic carbocycles. The van der Waals surface area contributed by atoms with Crippen LogP contribution in [-0.4, -0.2) is 16.1 Å². The predicted octanol–water partition coefficient (Wildman–Crippen LogP) is 4.33. The van der Waals surface area contributed by atoms with Crippen LogP contribution in [0.4, 0.5) is 11.4 Å². The highest BCUT2D eigenvalue weighted by atomic mass is 32.2. The molecule has 0 heterocycles. The number of rotatable bonds is 5. The van der Waals surface area contributed by atoms with Gasteiger partial charge < -0.3 is 5.32 Å². The summed E-state index contributed by atoms with van der Waals surface area (Å²) >= 11 is 1.37. The maximum atomic E-state index is 12.3.